The lowest BCUT2D eigenvalue weighted by atomic mass is 9.96. The Kier molecular flexibility index (Phi) is 6.67. The maximum atomic E-state index is 12.1. The Morgan fingerprint density at radius 1 is 0.882 bits per heavy atom. The minimum atomic E-state index is -0.338. The van der Waals surface area contributed by atoms with Gasteiger partial charge in [-0.3, -0.25) is 15.0 Å². The minimum Gasteiger partial charge on any atom is -0.361 e. The van der Waals surface area contributed by atoms with Gasteiger partial charge < -0.3 is 10.2 Å². The Morgan fingerprint density at radius 3 is 2.03 bits per heavy atom. The van der Waals surface area contributed by atoms with Crippen LogP contribution in [0.25, 0.3) is 0 Å². The van der Waals surface area contributed by atoms with Crippen molar-refractivity contribution < 1.29 is 4.92 Å². The fourth-order valence-electron chi connectivity index (χ4n) is 5.21. The number of anilines is 2. The second-order valence-corrected chi connectivity index (χ2v) is 9.02. The van der Waals surface area contributed by atoms with E-state index in [1.54, 1.807) is 0 Å². The lowest BCUT2D eigenvalue weighted by molar-refractivity contribution is -0.383. The molecule has 2 aliphatic rings. The Morgan fingerprint density at radius 2 is 1.47 bits per heavy atom. The predicted octanol–water partition coefficient (Wildman–Crippen LogP) is 4.65. The number of hydrogen-bond donors (Lipinski definition) is 1. The van der Waals surface area contributed by atoms with Crippen LogP contribution in [0.3, 0.4) is 0 Å². The highest BCUT2D eigenvalue weighted by Crippen LogP contribution is 2.36. The molecule has 34 heavy (non-hydrogen) atoms. The molecule has 8 heteroatoms. The molecule has 2 fully saturated rings. The van der Waals surface area contributed by atoms with Gasteiger partial charge in [0.2, 0.25) is 11.6 Å². The van der Waals surface area contributed by atoms with Crippen molar-refractivity contribution >= 4 is 17.3 Å². The van der Waals surface area contributed by atoms with E-state index in [-0.39, 0.29) is 22.7 Å². The van der Waals surface area contributed by atoms with Crippen LogP contribution in [-0.4, -0.2) is 52.0 Å². The second kappa shape index (κ2) is 10.2. The van der Waals surface area contributed by atoms with Crippen molar-refractivity contribution in [1.82, 2.24) is 14.9 Å². The van der Waals surface area contributed by atoms with Crippen LogP contribution < -0.4 is 10.2 Å². The average Bonchev–Trinajstić information content (AvgIpc) is 3.39. The van der Waals surface area contributed by atoms with Crippen molar-refractivity contribution in [3.8, 4) is 0 Å². The molecular formula is C26H30N6O2. The van der Waals surface area contributed by atoms with Gasteiger partial charge >= 0.3 is 5.69 Å². The minimum absolute atomic E-state index is 0.00878. The van der Waals surface area contributed by atoms with Crippen molar-refractivity contribution in [3.05, 3.63) is 88.2 Å². The maximum absolute atomic E-state index is 12.1. The van der Waals surface area contributed by atoms with Crippen molar-refractivity contribution in [3.63, 3.8) is 0 Å². The molecular weight excluding hydrogens is 428 g/mol. The SMILES string of the molecule is O=[N+]([O-])c1c(NC2CCCC2)ncnc1N1CCN(C(c2ccccc2)c2ccccc2)CC1. The molecule has 0 spiro atoms. The highest BCUT2D eigenvalue weighted by Gasteiger charge is 2.32. The monoisotopic (exact) mass is 458 g/mol. The van der Waals surface area contributed by atoms with Crippen LogP contribution >= 0.6 is 0 Å². The Labute approximate surface area is 199 Å². The van der Waals surface area contributed by atoms with Gasteiger partial charge in [-0.05, 0) is 24.0 Å². The topological polar surface area (TPSA) is 87.4 Å². The van der Waals surface area contributed by atoms with Crippen molar-refractivity contribution in [1.29, 1.82) is 0 Å². The van der Waals surface area contributed by atoms with Gasteiger partial charge in [-0.1, -0.05) is 73.5 Å². The predicted molar refractivity (Wildman–Crippen MR) is 133 cm³/mol. The Bertz CT molecular complexity index is 1060. The van der Waals surface area contributed by atoms with Gasteiger partial charge in [-0.15, -0.1) is 0 Å². The molecule has 1 N–H and O–H groups in total. The zero-order valence-electron chi connectivity index (χ0n) is 19.2. The standard InChI is InChI=1S/C26H30N6O2/c33-32(34)24-25(29-22-13-7-8-14-22)27-19-28-26(24)31-17-15-30(16-18-31)23(20-9-3-1-4-10-20)21-11-5-2-6-12-21/h1-6,9-12,19,22-23H,7-8,13-18H2,(H,27,28,29). The fraction of sp³-hybridized carbons (Fsp3) is 0.385. The third-order valence-electron chi connectivity index (χ3n) is 6.89. The zero-order valence-corrected chi connectivity index (χ0v) is 19.2. The summed E-state index contributed by atoms with van der Waals surface area (Å²) >= 11 is 0. The Hall–Kier alpha value is -3.52. The number of nitro groups is 1. The first-order valence-electron chi connectivity index (χ1n) is 12.1. The molecule has 1 saturated heterocycles. The zero-order chi connectivity index (χ0) is 23.3. The van der Waals surface area contributed by atoms with Crippen molar-refractivity contribution in [2.24, 2.45) is 0 Å². The number of piperazine rings is 1. The molecule has 1 aliphatic carbocycles. The summed E-state index contributed by atoms with van der Waals surface area (Å²) in [6.07, 6.45) is 5.79. The van der Waals surface area contributed by atoms with E-state index in [2.05, 4.69) is 68.7 Å². The molecule has 1 saturated carbocycles. The third-order valence-corrected chi connectivity index (χ3v) is 6.89. The van der Waals surface area contributed by atoms with E-state index in [1.165, 1.54) is 17.5 Å². The van der Waals surface area contributed by atoms with E-state index in [9.17, 15) is 10.1 Å². The molecule has 1 aromatic heterocycles. The summed E-state index contributed by atoms with van der Waals surface area (Å²) in [5.74, 6) is 0.756. The maximum Gasteiger partial charge on any atom is 0.353 e. The highest BCUT2D eigenvalue weighted by molar-refractivity contribution is 5.70. The van der Waals surface area contributed by atoms with Crippen molar-refractivity contribution in [2.45, 2.75) is 37.8 Å². The normalized spacial score (nSPS) is 17.3. The summed E-state index contributed by atoms with van der Waals surface area (Å²) in [6.45, 7) is 2.88. The lowest BCUT2D eigenvalue weighted by Crippen LogP contribution is -2.48. The van der Waals surface area contributed by atoms with E-state index in [4.69, 9.17) is 0 Å². The van der Waals surface area contributed by atoms with Gasteiger partial charge in [0, 0.05) is 32.2 Å². The summed E-state index contributed by atoms with van der Waals surface area (Å²) in [5.41, 5.74) is 2.49. The Balaban J connectivity index is 1.37. The number of benzene rings is 2. The molecule has 0 bridgehead atoms. The first-order chi connectivity index (χ1) is 16.7. The van der Waals surface area contributed by atoms with Crippen molar-refractivity contribution in [2.75, 3.05) is 36.4 Å². The van der Waals surface area contributed by atoms with Gasteiger partial charge in [0.1, 0.15) is 6.33 Å². The van der Waals surface area contributed by atoms with Gasteiger partial charge in [0.15, 0.2) is 0 Å². The lowest BCUT2D eigenvalue weighted by Gasteiger charge is -2.40. The number of nitrogens with zero attached hydrogens (tertiary/aromatic N) is 5. The molecule has 3 aromatic rings. The first-order valence-corrected chi connectivity index (χ1v) is 12.1. The number of nitrogens with one attached hydrogen (secondary N) is 1. The number of hydrogen-bond acceptors (Lipinski definition) is 7. The summed E-state index contributed by atoms with van der Waals surface area (Å²) in [7, 11) is 0. The molecule has 176 valence electrons. The van der Waals surface area contributed by atoms with Crippen LogP contribution in [-0.2, 0) is 0 Å². The quantitative estimate of drug-likeness (QED) is 0.407. The van der Waals surface area contributed by atoms with E-state index in [1.807, 2.05) is 17.0 Å². The number of aromatic nitrogens is 2. The summed E-state index contributed by atoms with van der Waals surface area (Å²) in [4.78, 5) is 24.8. The molecule has 5 rings (SSSR count). The van der Waals surface area contributed by atoms with Gasteiger partial charge in [-0.25, -0.2) is 9.97 Å². The molecule has 0 atom stereocenters. The molecule has 8 nitrogen and oxygen atoms in total. The third kappa shape index (κ3) is 4.72. The summed E-state index contributed by atoms with van der Waals surface area (Å²) < 4.78 is 0. The van der Waals surface area contributed by atoms with E-state index >= 15 is 0 Å². The first kappa shape index (κ1) is 22.3. The number of rotatable bonds is 7. The van der Waals surface area contributed by atoms with Crippen LogP contribution in [0, 0.1) is 10.1 Å². The largest absolute Gasteiger partial charge is 0.361 e. The van der Waals surface area contributed by atoms with E-state index in [0.717, 1.165) is 38.8 Å². The fourth-order valence-corrected chi connectivity index (χ4v) is 5.21. The van der Waals surface area contributed by atoms with E-state index < -0.39 is 0 Å². The average molecular weight is 459 g/mol. The van der Waals surface area contributed by atoms with Crippen LogP contribution in [0.4, 0.5) is 17.3 Å². The van der Waals surface area contributed by atoms with Crippen LogP contribution in [0.2, 0.25) is 0 Å². The summed E-state index contributed by atoms with van der Waals surface area (Å²) in [5, 5.41) is 15.4. The molecule has 2 heterocycles. The van der Waals surface area contributed by atoms with Crippen LogP contribution in [0.15, 0.2) is 67.0 Å². The molecule has 1 aliphatic heterocycles. The molecule has 2 aromatic carbocycles. The van der Waals surface area contributed by atoms with Crippen LogP contribution in [0.5, 0.6) is 0 Å². The van der Waals surface area contributed by atoms with Crippen LogP contribution in [0.1, 0.15) is 42.9 Å². The van der Waals surface area contributed by atoms with Gasteiger partial charge in [0.05, 0.1) is 11.0 Å². The second-order valence-electron chi connectivity index (χ2n) is 9.02. The van der Waals surface area contributed by atoms with Gasteiger partial charge in [0.25, 0.3) is 0 Å². The smallest absolute Gasteiger partial charge is 0.353 e. The molecule has 0 amide bonds. The molecule has 0 radical (unpaired) electrons. The highest BCUT2D eigenvalue weighted by atomic mass is 16.6. The summed E-state index contributed by atoms with van der Waals surface area (Å²) in [6, 6.07) is 21.4. The van der Waals surface area contributed by atoms with E-state index in [0.29, 0.717) is 24.7 Å². The van der Waals surface area contributed by atoms with Gasteiger partial charge in [-0.2, -0.15) is 0 Å². The molecule has 0 unspecified atom stereocenters.